The lowest BCUT2D eigenvalue weighted by molar-refractivity contribution is -0.133. The Balaban J connectivity index is 2.31. The lowest BCUT2D eigenvalue weighted by Gasteiger charge is -2.31. The van der Waals surface area contributed by atoms with E-state index in [2.05, 4.69) is 13.0 Å². The highest BCUT2D eigenvalue weighted by Crippen LogP contribution is 2.18. The number of unbranched alkanes of at least 4 members (excludes halogenated alkanes) is 3. The van der Waals surface area contributed by atoms with Crippen LogP contribution < -0.4 is 0 Å². The standard InChI is InChI=1S/C13H22N2O/c1-2-3-4-5-9-13(16)15-10-7-6-8-12(15)11-14/h12H,2-10H2,1H3. The van der Waals surface area contributed by atoms with Crippen molar-refractivity contribution in [2.75, 3.05) is 6.54 Å². The summed E-state index contributed by atoms with van der Waals surface area (Å²) in [5, 5.41) is 8.98. The molecular formula is C13H22N2O. The van der Waals surface area contributed by atoms with Gasteiger partial charge in [-0.05, 0) is 25.7 Å². The van der Waals surface area contributed by atoms with Crippen molar-refractivity contribution >= 4 is 5.91 Å². The number of rotatable bonds is 5. The highest BCUT2D eigenvalue weighted by atomic mass is 16.2. The Kier molecular flexibility index (Phi) is 5.92. The van der Waals surface area contributed by atoms with E-state index in [1.54, 1.807) is 4.90 Å². The largest absolute Gasteiger partial charge is 0.327 e. The molecule has 1 amide bonds. The molecule has 1 aliphatic rings. The molecule has 1 unspecified atom stereocenters. The number of hydrogen-bond donors (Lipinski definition) is 0. The average Bonchev–Trinajstić information content (AvgIpc) is 2.34. The van der Waals surface area contributed by atoms with Crippen LogP contribution in [0.25, 0.3) is 0 Å². The molecule has 0 radical (unpaired) electrons. The zero-order valence-corrected chi connectivity index (χ0v) is 10.2. The Morgan fingerprint density at radius 2 is 2.19 bits per heavy atom. The van der Waals surface area contributed by atoms with Crippen LogP contribution in [0.1, 0.15) is 58.3 Å². The SMILES string of the molecule is CCCCCCC(=O)N1CCCCC1C#N. The fourth-order valence-electron chi connectivity index (χ4n) is 2.21. The predicted molar refractivity (Wildman–Crippen MR) is 63.7 cm³/mol. The van der Waals surface area contributed by atoms with Gasteiger partial charge in [0.1, 0.15) is 6.04 Å². The van der Waals surface area contributed by atoms with Gasteiger partial charge in [0.25, 0.3) is 0 Å². The van der Waals surface area contributed by atoms with E-state index >= 15 is 0 Å². The summed E-state index contributed by atoms with van der Waals surface area (Å²) in [4.78, 5) is 13.7. The molecule has 1 fully saturated rings. The molecule has 3 heteroatoms. The molecular weight excluding hydrogens is 200 g/mol. The average molecular weight is 222 g/mol. The summed E-state index contributed by atoms with van der Waals surface area (Å²) in [6, 6.07) is 2.08. The Hall–Kier alpha value is -1.04. The van der Waals surface area contributed by atoms with Gasteiger partial charge in [-0.15, -0.1) is 0 Å². The van der Waals surface area contributed by atoms with Crippen LogP contribution in [0.4, 0.5) is 0 Å². The number of likely N-dealkylation sites (tertiary alicyclic amines) is 1. The first-order valence-corrected chi connectivity index (χ1v) is 6.48. The smallest absolute Gasteiger partial charge is 0.223 e. The molecule has 1 aliphatic heterocycles. The number of nitrogens with zero attached hydrogens (tertiary/aromatic N) is 2. The second kappa shape index (κ2) is 7.27. The van der Waals surface area contributed by atoms with Crippen LogP contribution in [0.15, 0.2) is 0 Å². The third-order valence-electron chi connectivity index (χ3n) is 3.22. The van der Waals surface area contributed by atoms with Gasteiger partial charge in [-0.25, -0.2) is 0 Å². The molecule has 0 saturated carbocycles. The summed E-state index contributed by atoms with van der Waals surface area (Å²) < 4.78 is 0. The van der Waals surface area contributed by atoms with Crippen molar-refractivity contribution in [1.82, 2.24) is 4.90 Å². The molecule has 1 heterocycles. The number of piperidine rings is 1. The molecule has 1 saturated heterocycles. The highest BCUT2D eigenvalue weighted by molar-refractivity contribution is 5.76. The third-order valence-corrected chi connectivity index (χ3v) is 3.22. The van der Waals surface area contributed by atoms with Gasteiger partial charge in [0.15, 0.2) is 0 Å². The van der Waals surface area contributed by atoms with Gasteiger partial charge in [-0.3, -0.25) is 4.79 Å². The fourth-order valence-corrected chi connectivity index (χ4v) is 2.21. The topological polar surface area (TPSA) is 44.1 Å². The van der Waals surface area contributed by atoms with Crippen LogP contribution in [0.2, 0.25) is 0 Å². The molecule has 0 aromatic heterocycles. The van der Waals surface area contributed by atoms with Crippen LogP contribution in [0.5, 0.6) is 0 Å². The van der Waals surface area contributed by atoms with Crippen molar-refractivity contribution in [3.63, 3.8) is 0 Å². The van der Waals surface area contributed by atoms with Gasteiger partial charge >= 0.3 is 0 Å². The van der Waals surface area contributed by atoms with E-state index in [1.807, 2.05) is 0 Å². The molecule has 1 rings (SSSR count). The van der Waals surface area contributed by atoms with Crippen molar-refractivity contribution in [3.8, 4) is 6.07 Å². The number of amides is 1. The summed E-state index contributed by atoms with van der Waals surface area (Å²) in [5.41, 5.74) is 0. The summed E-state index contributed by atoms with van der Waals surface area (Å²) in [6.07, 6.45) is 8.12. The molecule has 3 nitrogen and oxygen atoms in total. The summed E-state index contributed by atoms with van der Waals surface area (Å²) in [5.74, 6) is 0.183. The van der Waals surface area contributed by atoms with Crippen molar-refractivity contribution in [1.29, 1.82) is 5.26 Å². The third kappa shape index (κ3) is 3.84. The first-order valence-electron chi connectivity index (χ1n) is 6.48. The summed E-state index contributed by atoms with van der Waals surface area (Å²) in [6.45, 7) is 2.95. The lowest BCUT2D eigenvalue weighted by atomic mass is 10.0. The molecule has 0 spiro atoms. The number of carbonyl (C=O) groups is 1. The first-order chi connectivity index (χ1) is 7.79. The Morgan fingerprint density at radius 3 is 2.88 bits per heavy atom. The summed E-state index contributed by atoms with van der Waals surface area (Å²) in [7, 11) is 0. The van der Waals surface area contributed by atoms with E-state index in [-0.39, 0.29) is 11.9 Å². The van der Waals surface area contributed by atoms with E-state index in [4.69, 9.17) is 5.26 Å². The zero-order chi connectivity index (χ0) is 11.8. The summed E-state index contributed by atoms with van der Waals surface area (Å²) >= 11 is 0. The fraction of sp³-hybridized carbons (Fsp3) is 0.846. The van der Waals surface area contributed by atoms with Gasteiger partial charge in [0.2, 0.25) is 5.91 Å². The Bertz CT molecular complexity index is 257. The van der Waals surface area contributed by atoms with Crippen LogP contribution in [0, 0.1) is 11.3 Å². The van der Waals surface area contributed by atoms with Gasteiger partial charge in [-0.2, -0.15) is 5.26 Å². The van der Waals surface area contributed by atoms with Crippen LogP contribution >= 0.6 is 0 Å². The van der Waals surface area contributed by atoms with E-state index in [0.717, 1.165) is 38.6 Å². The van der Waals surface area contributed by atoms with Gasteiger partial charge < -0.3 is 4.90 Å². The van der Waals surface area contributed by atoms with Crippen LogP contribution in [0.3, 0.4) is 0 Å². The quantitative estimate of drug-likeness (QED) is 0.671. The van der Waals surface area contributed by atoms with Crippen molar-refractivity contribution in [3.05, 3.63) is 0 Å². The molecule has 0 bridgehead atoms. The second-order valence-electron chi connectivity index (χ2n) is 4.54. The van der Waals surface area contributed by atoms with E-state index in [1.165, 1.54) is 12.8 Å². The predicted octanol–water partition coefficient (Wildman–Crippen LogP) is 2.86. The zero-order valence-electron chi connectivity index (χ0n) is 10.2. The first kappa shape index (κ1) is 13.0. The van der Waals surface area contributed by atoms with Crippen molar-refractivity contribution in [2.45, 2.75) is 64.3 Å². The minimum absolute atomic E-state index is 0.160. The molecule has 0 N–H and O–H groups in total. The van der Waals surface area contributed by atoms with E-state index in [9.17, 15) is 4.79 Å². The molecule has 90 valence electrons. The molecule has 1 atom stereocenters. The molecule has 0 aromatic rings. The molecule has 0 aromatic carbocycles. The van der Waals surface area contributed by atoms with Gasteiger partial charge in [0.05, 0.1) is 6.07 Å². The second-order valence-corrected chi connectivity index (χ2v) is 4.54. The van der Waals surface area contributed by atoms with E-state index in [0.29, 0.717) is 6.42 Å². The van der Waals surface area contributed by atoms with Crippen molar-refractivity contribution < 1.29 is 4.79 Å². The minimum Gasteiger partial charge on any atom is -0.327 e. The highest BCUT2D eigenvalue weighted by Gasteiger charge is 2.25. The molecule has 16 heavy (non-hydrogen) atoms. The maximum absolute atomic E-state index is 11.9. The van der Waals surface area contributed by atoms with Gasteiger partial charge in [-0.1, -0.05) is 26.2 Å². The van der Waals surface area contributed by atoms with Crippen LogP contribution in [-0.2, 0) is 4.79 Å². The van der Waals surface area contributed by atoms with E-state index < -0.39 is 0 Å². The maximum atomic E-state index is 11.9. The number of hydrogen-bond acceptors (Lipinski definition) is 2. The van der Waals surface area contributed by atoms with Crippen molar-refractivity contribution in [2.24, 2.45) is 0 Å². The Labute approximate surface area is 98.4 Å². The number of carbonyl (C=O) groups excluding carboxylic acids is 1. The lowest BCUT2D eigenvalue weighted by Crippen LogP contribution is -2.42. The van der Waals surface area contributed by atoms with Gasteiger partial charge in [0, 0.05) is 13.0 Å². The van der Waals surface area contributed by atoms with Crippen LogP contribution in [-0.4, -0.2) is 23.4 Å². The number of nitriles is 1. The Morgan fingerprint density at radius 1 is 1.38 bits per heavy atom. The minimum atomic E-state index is -0.160. The molecule has 0 aliphatic carbocycles. The monoisotopic (exact) mass is 222 g/mol. The maximum Gasteiger partial charge on any atom is 0.223 e. The normalized spacial score (nSPS) is 20.5.